The van der Waals surface area contributed by atoms with E-state index in [1.54, 1.807) is 0 Å². The van der Waals surface area contributed by atoms with Gasteiger partial charge in [-0.15, -0.1) is 0 Å². The summed E-state index contributed by atoms with van der Waals surface area (Å²) >= 11 is 12.8. The summed E-state index contributed by atoms with van der Waals surface area (Å²) in [6.07, 6.45) is 6.79. The summed E-state index contributed by atoms with van der Waals surface area (Å²) in [5, 5.41) is 5.55. The number of ether oxygens (including phenoxy) is 1. The van der Waals surface area contributed by atoms with Gasteiger partial charge in [-0.3, -0.25) is 0 Å². The van der Waals surface area contributed by atoms with Crippen LogP contribution in [0.15, 0.2) is 22.7 Å². The molecule has 1 heterocycles. The molecule has 2 aromatic rings. The molecule has 5 heteroatoms. The molecule has 0 amide bonds. The molecule has 0 bridgehead atoms. The molecule has 3 nitrogen and oxygen atoms in total. The number of hydrogen-bond acceptors (Lipinski definition) is 3. The Bertz CT molecular complexity index is 854. The Kier molecular flexibility index (Phi) is 3.03. The van der Waals surface area contributed by atoms with Crippen LogP contribution in [0.3, 0.4) is 0 Å². The molecule has 0 aliphatic heterocycles. The first-order valence-electron chi connectivity index (χ1n) is 9.22. The molecule has 3 unspecified atom stereocenters. The Balaban J connectivity index is 1.33. The topological polar surface area (TPSA) is 35.3 Å². The number of benzene rings is 1. The average Bonchev–Trinajstić information content (AvgIpc) is 3.52. The molecular weight excluding hydrogens is 357 g/mol. The van der Waals surface area contributed by atoms with Crippen LogP contribution in [0, 0.1) is 17.3 Å². The number of nitrogens with zero attached hydrogens (tertiary/aromatic N) is 1. The van der Waals surface area contributed by atoms with Gasteiger partial charge in [0.25, 0.3) is 0 Å². The third-order valence-corrected chi connectivity index (χ3v) is 7.46. The zero-order valence-electron chi connectivity index (χ0n) is 13.8. The molecule has 0 N–H and O–H groups in total. The first kappa shape index (κ1) is 15.1. The highest BCUT2D eigenvalue weighted by Crippen LogP contribution is 2.82. The van der Waals surface area contributed by atoms with Gasteiger partial charge < -0.3 is 9.26 Å². The molecule has 6 rings (SSSR count). The van der Waals surface area contributed by atoms with Crippen LogP contribution in [-0.2, 0) is 11.3 Å². The maximum Gasteiger partial charge on any atom is 0.145 e. The van der Waals surface area contributed by atoms with Gasteiger partial charge in [0.15, 0.2) is 0 Å². The molecule has 4 aliphatic carbocycles. The molecule has 1 aromatic carbocycles. The molecular formula is C20H19Cl2NO2. The van der Waals surface area contributed by atoms with Crippen molar-refractivity contribution in [1.82, 2.24) is 5.16 Å². The molecule has 0 radical (unpaired) electrons. The van der Waals surface area contributed by atoms with Crippen molar-refractivity contribution in [3.63, 3.8) is 0 Å². The van der Waals surface area contributed by atoms with Crippen LogP contribution >= 0.6 is 23.2 Å². The average molecular weight is 376 g/mol. The zero-order valence-corrected chi connectivity index (χ0v) is 15.3. The van der Waals surface area contributed by atoms with Gasteiger partial charge in [-0.1, -0.05) is 34.4 Å². The van der Waals surface area contributed by atoms with Gasteiger partial charge in [-0.05, 0) is 61.5 Å². The number of halogens is 2. The lowest BCUT2D eigenvalue weighted by molar-refractivity contribution is 0.0242. The van der Waals surface area contributed by atoms with E-state index in [1.165, 1.54) is 19.3 Å². The third kappa shape index (κ3) is 2.19. The van der Waals surface area contributed by atoms with Crippen LogP contribution in [0.1, 0.15) is 49.3 Å². The molecule has 4 aliphatic rings. The van der Waals surface area contributed by atoms with Crippen LogP contribution in [0.25, 0.3) is 11.3 Å². The molecule has 4 fully saturated rings. The Morgan fingerprint density at radius 3 is 2.64 bits per heavy atom. The van der Waals surface area contributed by atoms with Crippen molar-refractivity contribution in [2.24, 2.45) is 17.3 Å². The van der Waals surface area contributed by atoms with Gasteiger partial charge in [-0.2, -0.15) is 0 Å². The second-order valence-electron chi connectivity index (χ2n) is 8.27. The van der Waals surface area contributed by atoms with E-state index in [0.717, 1.165) is 47.3 Å². The Labute approximate surface area is 156 Å². The standard InChI is InChI=1S/C20H19Cl2NO2/c21-14-2-1-3-15(22)17(14)18-12(19(25-23-18)10-4-5-10)9-24-16-6-11-7-20(11)8-13(16)20/h1-3,10-11,13,16H,4-9H2/t11?,13?,16?,20-/m1/s1. The minimum Gasteiger partial charge on any atom is -0.373 e. The molecule has 1 spiro atoms. The van der Waals surface area contributed by atoms with Crippen molar-refractivity contribution in [3.8, 4) is 11.3 Å². The van der Waals surface area contributed by atoms with Crippen molar-refractivity contribution in [3.05, 3.63) is 39.6 Å². The molecule has 25 heavy (non-hydrogen) atoms. The summed E-state index contributed by atoms with van der Waals surface area (Å²) in [4.78, 5) is 0. The molecule has 130 valence electrons. The summed E-state index contributed by atoms with van der Waals surface area (Å²) in [5.41, 5.74) is 3.27. The molecule has 0 saturated heterocycles. The van der Waals surface area contributed by atoms with Crippen molar-refractivity contribution in [1.29, 1.82) is 0 Å². The molecule has 4 atom stereocenters. The normalized spacial score (nSPS) is 34.7. The van der Waals surface area contributed by atoms with E-state index in [0.29, 0.717) is 34.1 Å². The monoisotopic (exact) mass is 375 g/mol. The number of hydrogen-bond donors (Lipinski definition) is 0. The van der Waals surface area contributed by atoms with Crippen LogP contribution in [0.5, 0.6) is 0 Å². The highest BCUT2D eigenvalue weighted by Gasteiger charge is 2.77. The first-order valence-corrected chi connectivity index (χ1v) is 9.97. The fourth-order valence-electron chi connectivity index (χ4n) is 5.14. The third-order valence-electron chi connectivity index (χ3n) is 6.83. The largest absolute Gasteiger partial charge is 0.373 e. The quantitative estimate of drug-likeness (QED) is 0.658. The summed E-state index contributed by atoms with van der Waals surface area (Å²) in [6.45, 7) is 0.552. The van der Waals surface area contributed by atoms with Crippen molar-refractivity contribution >= 4 is 23.2 Å². The van der Waals surface area contributed by atoms with Gasteiger partial charge in [0, 0.05) is 17.0 Å². The lowest BCUT2D eigenvalue weighted by Gasteiger charge is -2.15. The second-order valence-corrected chi connectivity index (χ2v) is 9.09. The minimum absolute atomic E-state index is 0.412. The number of aromatic nitrogens is 1. The summed E-state index contributed by atoms with van der Waals surface area (Å²) in [6, 6.07) is 5.54. The van der Waals surface area contributed by atoms with Crippen LogP contribution < -0.4 is 0 Å². The fourth-order valence-corrected chi connectivity index (χ4v) is 5.72. The lowest BCUT2D eigenvalue weighted by Crippen LogP contribution is -2.14. The van der Waals surface area contributed by atoms with Crippen molar-refractivity contribution in [2.75, 3.05) is 0 Å². The van der Waals surface area contributed by atoms with Gasteiger partial charge in [0.2, 0.25) is 0 Å². The van der Waals surface area contributed by atoms with E-state index in [-0.39, 0.29) is 0 Å². The highest BCUT2D eigenvalue weighted by atomic mass is 35.5. The van der Waals surface area contributed by atoms with Gasteiger partial charge in [0.05, 0.1) is 22.8 Å². The Hall–Kier alpha value is -1.03. The SMILES string of the molecule is Clc1cccc(Cl)c1-c1noc(C2CC2)c1COC1CC2C[C@@]23CC13. The van der Waals surface area contributed by atoms with Gasteiger partial charge >= 0.3 is 0 Å². The Morgan fingerprint density at radius 1 is 1.20 bits per heavy atom. The molecule has 4 saturated carbocycles. The van der Waals surface area contributed by atoms with Crippen LogP contribution in [0.4, 0.5) is 0 Å². The molecule has 1 aromatic heterocycles. The van der Waals surface area contributed by atoms with E-state index < -0.39 is 0 Å². The Morgan fingerprint density at radius 2 is 2.00 bits per heavy atom. The van der Waals surface area contributed by atoms with E-state index >= 15 is 0 Å². The summed E-state index contributed by atoms with van der Waals surface area (Å²) in [7, 11) is 0. The predicted molar refractivity (Wildman–Crippen MR) is 95.8 cm³/mol. The van der Waals surface area contributed by atoms with Crippen molar-refractivity contribution < 1.29 is 9.26 Å². The summed E-state index contributed by atoms with van der Waals surface area (Å²) < 4.78 is 12.1. The van der Waals surface area contributed by atoms with E-state index in [1.807, 2.05) is 18.2 Å². The van der Waals surface area contributed by atoms with Crippen LogP contribution in [0.2, 0.25) is 10.0 Å². The smallest absolute Gasteiger partial charge is 0.145 e. The first-order chi connectivity index (χ1) is 12.2. The van der Waals surface area contributed by atoms with E-state index in [4.69, 9.17) is 32.5 Å². The van der Waals surface area contributed by atoms with Crippen LogP contribution in [-0.4, -0.2) is 11.3 Å². The van der Waals surface area contributed by atoms with E-state index in [2.05, 4.69) is 5.16 Å². The number of rotatable bonds is 5. The lowest BCUT2D eigenvalue weighted by atomic mass is 10.0. The van der Waals surface area contributed by atoms with Crippen molar-refractivity contribution in [2.45, 2.75) is 50.7 Å². The van der Waals surface area contributed by atoms with Gasteiger partial charge in [0.1, 0.15) is 11.5 Å². The zero-order chi connectivity index (χ0) is 16.8. The highest BCUT2D eigenvalue weighted by molar-refractivity contribution is 6.39. The fraction of sp³-hybridized carbons (Fsp3) is 0.550. The predicted octanol–water partition coefficient (Wildman–Crippen LogP) is 5.84. The second kappa shape index (κ2) is 5.03. The maximum absolute atomic E-state index is 6.41. The summed E-state index contributed by atoms with van der Waals surface area (Å²) in [5.74, 6) is 3.18. The minimum atomic E-state index is 0.412. The maximum atomic E-state index is 6.41. The van der Waals surface area contributed by atoms with E-state index in [9.17, 15) is 0 Å². The van der Waals surface area contributed by atoms with Gasteiger partial charge in [-0.25, -0.2) is 0 Å².